The fraction of sp³-hybridized carbons (Fsp3) is 0.400. The maximum Gasteiger partial charge on any atom is 0.252 e. The number of hydrogen-bond donors (Lipinski definition) is 2. The van der Waals surface area contributed by atoms with Crippen LogP contribution in [0, 0.1) is 0 Å². The average Bonchev–Trinajstić information content (AvgIpc) is 2.73. The highest BCUT2D eigenvalue weighted by Crippen LogP contribution is 2.22. The number of nitrogens with one attached hydrogen (secondary N) is 1. The van der Waals surface area contributed by atoms with Crippen LogP contribution in [-0.2, 0) is 9.59 Å². The van der Waals surface area contributed by atoms with Gasteiger partial charge in [-0.15, -0.1) is 0 Å². The highest BCUT2D eigenvalue weighted by atomic mass is 16.2. The summed E-state index contributed by atoms with van der Waals surface area (Å²) in [4.78, 5) is 36.7. The van der Waals surface area contributed by atoms with Gasteiger partial charge in [-0.3, -0.25) is 19.3 Å². The lowest BCUT2D eigenvalue weighted by Crippen LogP contribution is -2.40. The first-order chi connectivity index (χ1) is 9.93. The molecular formula is C15H19N3O3. The third kappa shape index (κ3) is 3.04. The Bertz CT molecular complexity index is 585. The molecule has 1 aliphatic rings. The first-order valence-electron chi connectivity index (χ1n) is 6.96. The minimum Gasteiger partial charge on any atom is -0.373 e. The second-order valence-corrected chi connectivity index (χ2v) is 5.21. The summed E-state index contributed by atoms with van der Waals surface area (Å²) in [6, 6.07) is 5.89. The van der Waals surface area contributed by atoms with Crippen LogP contribution < -0.4 is 11.1 Å². The van der Waals surface area contributed by atoms with E-state index in [4.69, 9.17) is 5.73 Å². The number of carbonyl (C=O) groups excluding carboxylic acids is 3. The molecule has 1 aromatic carbocycles. The van der Waals surface area contributed by atoms with Crippen LogP contribution in [0.15, 0.2) is 24.3 Å². The van der Waals surface area contributed by atoms with Crippen molar-refractivity contribution < 1.29 is 14.4 Å². The molecule has 0 saturated carbocycles. The van der Waals surface area contributed by atoms with Gasteiger partial charge in [0.15, 0.2) is 0 Å². The lowest BCUT2D eigenvalue weighted by atomic mass is 10.1. The van der Waals surface area contributed by atoms with Crippen molar-refractivity contribution in [1.82, 2.24) is 4.90 Å². The lowest BCUT2D eigenvalue weighted by Gasteiger charge is -2.21. The van der Waals surface area contributed by atoms with Crippen LogP contribution >= 0.6 is 0 Å². The zero-order valence-corrected chi connectivity index (χ0v) is 12.1. The van der Waals surface area contributed by atoms with Gasteiger partial charge in [-0.05, 0) is 31.5 Å². The quantitative estimate of drug-likeness (QED) is 0.795. The molecule has 0 aliphatic carbocycles. The molecule has 0 spiro atoms. The maximum atomic E-state index is 12.3. The minimum absolute atomic E-state index is 0.103. The van der Waals surface area contributed by atoms with Crippen molar-refractivity contribution in [2.75, 3.05) is 5.32 Å². The van der Waals surface area contributed by atoms with Crippen molar-refractivity contribution in [2.24, 2.45) is 5.73 Å². The van der Waals surface area contributed by atoms with E-state index in [0.29, 0.717) is 11.3 Å². The lowest BCUT2D eigenvalue weighted by molar-refractivity contribution is -0.140. The average molecular weight is 289 g/mol. The molecule has 0 bridgehead atoms. The third-order valence-corrected chi connectivity index (χ3v) is 3.70. The molecule has 1 fully saturated rings. The Labute approximate surface area is 123 Å². The zero-order valence-electron chi connectivity index (χ0n) is 12.1. The molecule has 1 aliphatic heterocycles. The number of nitrogens with two attached hydrogens (primary N) is 1. The smallest absolute Gasteiger partial charge is 0.252 e. The molecule has 1 aromatic rings. The molecule has 1 heterocycles. The van der Waals surface area contributed by atoms with E-state index < -0.39 is 11.9 Å². The maximum absolute atomic E-state index is 12.3. The van der Waals surface area contributed by atoms with Crippen LogP contribution in [0.1, 0.15) is 37.0 Å². The molecule has 0 radical (unpaired) electrons. The van der Waals surface area contributed by atoms with E-state index in [0.717, 1.165) is 6.42 Å². The van der Waals surface area contributed by atoms with Crippen LogP contribution in [0.2, 0.25) is 0 Å². The van der Waals surface area contributed by atoms with E-state index in [-0.39, 0.29) is 24.3 Å². The van der Waals surface area contributed by atoms with Crippen LogP contribution in [0.25, 0.3) is 0 Å². The van der Waals surface area contributed by atoms with Crippen molar-refractivity contribution in [2.45, 2.75) is 38.8 Å². The molecule has 1 saturated heterocycles. The highest BCUT2D eigenvalue weighted by Gasteiger charge is 2.40. The first kappa shape index (κ1) is 15.0. The van der Waals surface area contributed by atoms with Crippen molar-refractivity contribution in [3.05, 3.63) is 29.8 Å². The van der Waals surface area contributed by atoms with Crippen LogP contribution in [-0.4, -0.2) is 34.7 Å². The molecule has 21 heavy (non-hydrogen) atoms. The summed E-state index contributed by atoms with van der Waals surface area (Å²) in [5.41, 5.74) is 6.18. The summed E-state index contributed by atoms with van der Waals surface area (Å²) in [7, 11) is 0. The van der Waals surface area contributed by atoms with Crippen molar-refractivity contribution in [3.63, 3.8) is 0 Å². The van der Waals surface area contributed by atoms with Gasteiger partial charge >= 0.3 is 0 Å². The Morgan fingerprint density at radius 3 is 2.81 bits per heavy atom. The van der Waals surface area contributed by atoms with Gasteiger partial charge in [0.25, 0.3) is 5.91 Å². The number of anilines is 1. The van der Waals surface area contributed by atoms with Crippen LogP contribution in [0.3, 0.4) is 0 Å². The SMILES string of the molecule is CCC(C)N1C(=O)CC(Nc2cccc(C(N)=O)c2)C1=O. The monoisotopic (exact) mass is 289 g/mol. The number of nitrogens with zero attached hydrogens (tertiary/aromatic N) is 1. The Balaban J connectivity index is 2.14. The Kier molecular flexibility index (Phi) is 4.26. The summed E-state index contributed by atoms with van der Waals surface area (Å²) in [6.45, 7) is 3.79. The van der Waals surface area contributed by atoms with E-state index in [1.807, 2.05) is 13.8 Å². The molecule has 3 N–H and O–H groups in total. The number of amides is 3. The second-order valence-electron chi connectivity index (χ2n) is 5.21. The van der Waals surface area contributed by atoms with Crippen LogP contribution in [0.4, 0.5) is 5.69 Å². The standard InChI is InChI=1S/C15H19N3O3/c1-3-9(2)18-13(19)8-12(15(18)21)17-11-6-4-5-10(7-11)14(16)20/h4-7,9,12,17H,3,8H2,1-2H3,(H2,16,20). The van der Waals surface area contributed by atoms with Crippen molar-refractivity contribution in [1.29, 1.82) is 0 Å². The number of rotatable bonds is 5. The number of primary amides is 1. The predicted molar refractivity (Wildman–Crippen MR) is 78.6 cm³/mol. The number of carbonyl (C=O) groups is 3. The summed E-state index contributed by atoms with van der Waals surface area (Å²) in [5, 5.41) is 3.01. The molecule has 2 atom stereocenters. The summed E-state index contributed by atoms with van der Waals surface area (Å²) in [6.07, 6.45) is 0.853. The van der Waals surface area contributed by atoms with E-state index in [1.54, 1.807) is 24.3 Å². The summed E-state index contributed by atoms with van der Waals surface area (Å²) in [5.74, 6) is -0.926. The fourth-order valence-corrected chi connectivity index (χ4v) is 2.37. The van der Waals surface area contributed by atoms with E-state index in [1.165, 1.54) is 4.90 Å². The molecular weight excluding hydrogens is 270 g/mol. The predicted octanol–water partition coefficient (Wildman–Crippen LogP) is 1.12. The number of likely N-dealkylation sites (tertiary alicyclic amines) is 1. The van der Waals surface area contributed by atoms with Gasteiger partial charge in [-0.2, -0.15) is 0 Å². The molecule has 6 nitrogen and oxygen atoms in total. The van der Waals surface area contributed by atoms with Crippen molar-refractivity contribution >= 4 is 23.4 Å². The Hall–Kier alpha value is -2.37. The second kappa shape index (κ2) is 5.95. The molecule has 2 rings (SSSR count). The van der Waals surface area contributed by atoms with Crippen molar-refractivity contribution in [3.8, 4) is 0 Å². The number of hydrogen-bond acceptors (Lipinski definition) is 4. The number of benzene rings is 1. The van der Waals surface area contributed by atoms with E-state index >= 15 is 0 Å². The third-order valence-electron chi connectivity index (χ3n) is 3.70. The van der Waals surface area contributed by atoms with Gasteiger partial charge in [0, 0.05) is 17.3 Å². The van der Waals surface area contributed by atoms with Gasteiger partial charge in [-0.1, -0.05) is 13.0 Å². The van der Waals surface area contributed by atoms with Gasteiger partial charge in [0.1, 0.15) is 6.04 Å². The molecule has 3 amide bonds. The Morgan fingerprint density at radius 2 is 2.19 bits per heavy atom. The molecule has 2 unspecified atom stereocenters. The fourth-order valence-electron chi connectivity index (χ4n) is 2.37. The normalized spacial score (nSPS) is 19.7. The van der Waals surface area contributed by atoms with E-state index in [2.05, 4.69) is 5.32 Å². The highest BCUT2D eigenvalue weighted by molar-refractivity contribution is 6.07. The number of imide groups is 1. The topological polar surface area (TPSA) is 92.5 Å². The minimum atomic E-state index is -0.588. The summed E-state index contributed by atoms with van der Waals surface area (Å²) < 4.78 is 0. The van der Waals surface area contributed by atoms with Gasteiger partial charge in [0.05, 0.1) is 6.42 Å². The molecule has 0 aromatic heterocycles. The first-order valence-corrected chi connectivity index (χ1v) is 6.96. The van der Waals surface area contributed by atoms with Gasteiger partial charge in [0.2, 0.25) is 11.8 Å². The van der Waals surface area contributed by atoms with Gasteiger partial charge < -0.3 is 11.1 Å². The van der Waals surface area contributed by atoms with E-state index in [9.17, 15) is 14.4 Å². The zero-order chi connectivity index (χ0) is 15.6. The summed E-state index contributed by atoms with van der Waals surface area (Å²) >= 11 is 0. The van der Waals surface area contributed by atoms with Gasteiger partial charge in [-0.25, -0.2) is 0 Å². The molecule has 112 valence electrons. The largest absolute Gasteiger partial charge is 0.373 e. The molecule has 6 heteroatoms. The Morgan fingerprint density at radius 1 is 1.48 bits per heavy atom. The van der Waals surface area contributed by atoms with Crippen LogP contribution in [0.5, 0.6) is 0 Å².